The van der Waals surface area contributed by atoms with Gasteiger partial charge in [0.15, 0.2) is 11.4 Å². The molecule has 2 amide bonds. The maximum Gasteiger partial charge on any atom is 0.275 e. The standard InChI is InChI=1S/C21H21F2N3O5/c1-10(2)26-16-9-31-8-15(16)25-7-13(18(27)19(28)17(25)21(26)30)20(29)24-6-11-3-4-12(22)5-14(11)23/h3-5,7,10,15-16,28H,6,8-9H2,1-2H3,(H,24,29)/t15?,16-/m0/s1. The molecule has 164 valence electrons. The average Bonchev–Trinajstić information content (AvgIpc) is 3.18. The minimum atomic E-state index is -1.00. The first-order chi connectivity index (χ1) is 14.7. The lowest BCUT2D eigenvalue weighted by atomic mass is 10.0. The van der Waals surface area contributed by atoms with Gasteiger partial charge in [0.25, 0.3) is 11.8 Å². The SMILES string of the molecule is CC(C)N1C(=O)c2c(O)c(=O)c(C(=O)NCc3ccc(F)cc3F)cn2C2COC[C@@H]21. The number of aromatic hydroxyl groups is 1. The van der Waals surface area contributed by atoms with Gasteiger partial charge >= 0.3 is 0 Å². The van der Waals surface area contributed by atoms with Gasteiger partial charge in [-0.05, 0) is 19.9 Å². The van der Waals surface area contributed by atoms with Crippen molar-refractivity contribution in [1.82, 2.24) is 14.8 Å². The van der Waals surface area contributed by atoms with E-state index in [0.717, 1.165) is 6.07 Å². The Morgan fingerprint density at radius 1 is 1.26 bits per heavy atom. The summed E-state index contributed by atoms with van der Waals surface area (Å²) in [5.74, 6) is -3.78. The number of ether oxygens (including phenoxy) is 1. The summed E-state index contributed by atoms with van der Waals surface area (Å²) in [4.78, 5) is 39.9. The normalized spacial score (nSPS) is 20.0. The van der Waals surface area contributed by atoms with Crippen LogP contribution in [0.4, 0.5) is 8.78 Å². The van der Waals surface area contributed by atoms with Crippen molar-refractivity contribution >= 4 is 11.8 Å². The molecule has 0 saturated carbocycles. The zero-order valence-corrected chi connectivity index (χ0v) is 16.9. The van der Waals surface area contributed by atoms with Crippen molar-refractivity contribution in [1.29, 1.82) is 0 Å². The molecule has 31 heavy (non-hydrogen) atoms. The monoisotopic (exact) mass is 433 g/mol. The first kappa shape index (κ1) is 21.0. The first-order valence-electron chi connectivity index (χ1n) is 9.81. The fourth-order valence-electron chi connectivity index (χ4n) is 4.14. The summed E-state index contributed by atoms with van der Waals surface area (Å²) in [6.07, 6.45) is 1.23. The summed E-state index contributed by atoms with van der Waals surface area (Å²) in [6.45, 7) is 3.91. The van der Waals surface area contributed by atoms with Crippen molar-refractivity contribution in [2.24, 2.45) is 0 Å². The number of benzene rings is 1. The fraction of sp³-hybridized carbons (Fsp3) is 0.381. The highest BCUT2D eigenvalue weighted by Crippen LogP contribution is 2.35. The molecule has 0 spiro atoms. The Kier molecular flexibility index (Phi) is 5.26. The van der Waals surface area contributed by atoms with Gasteiger partial charge < -0.3 is 24.6 Å². The molecule has 10 heteroatoms. The zero-order chi connectivity index (χ0) is 22.4. The number of carbonyl (C=O) groups is 2. The van der Waals surface area contributed by atoms with Crippen LogP contribution in [-0.4, -0.2) is 51.7 Å². The van der Waals surface area contributed by atoms with Crippen LogP contribution in [0.25, 0.3) is 0 Å². The first-order valence-corrected chi connectivity index (χ1v) is 9.81. The van der Waals surface area contributed by atoms with Crippen LogP contribution in [0.3, 0.4) is 0 Å². The van der Waals surface area contributed by atoms with Crippen molar-refractivity contribution in [2.75, 3.05) is 13.2 Å². The zero-order valence-electron chi connectivity index (χ0n) is 16.9. The molecule has 1 unspecified atom stereocenters. The van der Waals surface area contributed by atoms with E-state index in [1.54, 1.807) is 4.90 Å². The number of fused-ring (bicyclic) bond motifs is 3. The summed E-state index contributed by atoms with van der Waals surface area (Å²) in [7, 11) is 0. The second kappa shape index (κ2) is 7.77. The Labute approximate surface area is 176 Å². The number of carbonyl (C=O) groups excluding carboxylic acids is 2. The van der Waals surface area contributed by atoms with Crippen LogP contribution in [0.15, 0.2) is 29.2 Å². The van der Waals surface area contributed by atoms with Gasteiger partial charge in [-0.25, -0.2) is 8.78 Å². The summed E-state index contributed by atoms with van der Waals surface area (Å²) >= 11 is 0. The lowest BCUT2D eigenvalue weighted by Gasteiger charge is -2.41. The third kappa shape index (κ3) is 3.46. The van der Waals surface area contributed by atoms with Gasteiger partial charge in [-0.15, -0.1) is 0 Å². The maximum absolute atomic E-state index is 13.8. The minimum absolute atomic E-state index is 0.0315. The molecule has 8 nitrogen and oxygen atoms in total. The topological polar surface area (TPSA) is 101 Å². The van der Waals surface area contributed by atoms with E-state index in [1.807, 2.05) is 13.8 Å². The van der Waals surface area contributed by atoms with Crippen molar-refractivity contribution in [3.8, 4) is 5.75 Å². The molecule has 0 aliphatic carbocycles. The number of nitrogens with one attached hydrogen (secondary N) is 1. The smallest absolute Gasteiger partial charge is 0.275 e. The van der Waals surface area contributed by atoms with Gasteiger partial charge in [-0.1, -0.05) is 6.07 Å². The van der Waals surface area contributed by atoms with E-state index < -0.39 is 34.6 Å². The highest BCUT2D eigenvalue weighted by atomic mass is 19.1. The molecule has 2 N–H and O–H groups in total. The van der Waals surface area contributed by atoms with Gasteiger partial charge in [0.05, 0.1) is 25.3 Å². The third-order valence-corrected chi connectivity index (χ3v) is 5.64. The molecule has 1 aromatic carbocycles. The number of nitrogens with zero attached hydrogens (tertiary/aromatic N) is 2. The molecule has 4 rings (SSSR count). The van der Waals surface area contributed by atoms with Crippen molar-refractivity contribution in [3.05, 3.63) is 63.1 Å². The van der Waals surface area contributed by atoms with Crippen LogP contribution in [0, 0.1) is 11.6 Å². The van der Waals surface area contributed by atoms with Crippen molar-refractivity contribution < 1.29 is 28.2 Å². The van der Waals surface area contributed by atoms with Crippen molar-refractivity contribution in [2.45, 2.75) is 38.5 Å². The molecule has 0 radical (unpaired) electrons. The van der Waals surface area contributed by atoms with E-state index in [9.17, 15) is 28.3 Å². The van der Waals surface area contributed by atoms with Crippen LogP contribution in [-0.2, 0) is 11.3 Å². The highest BCUT2D eigenvalue weighted by molar-refractivity contribution is 5.99. The van der Waals surface area contributed by atoms with E-state index in [4.69, 9.17) is 4.74 Å². The quantitative estimate of drug-likeness (QED) is 0.762. The second-order valence-electron chi connectivity index (χ2n) is 7.87. The van der Waals surface area contributed by atoms with E-state index >= 15 is 0 Å². The molecule has 2 aliphatic rings. The lowest BCUT2D eigenvalue weighted by molar-refractivity contribution is 0.0470. The molecule has 2 aromatic rings. The molecule has 2 atom stereocenters. The highest BCUT2D eigenvalue weighted by Gasteiger charge is 2.46. The van der Waals surface area contributed by atoms with Crippen LogP contribution in [0.5, 0.6) is 5.75 Å². The molecule has 1 aromatic heterocycles. The lowest BCUT2D eigenvalue weighted by Crippen LogP contribution is -2.54. The predicted molar refractivity (Wildman–Crippen MR) is 105 cm³/mol. The number of hydrogen-bond acceptors (Lipinski definition) is 5. The minimum Gasteiger partial charge on any atom is -0.503 e. The Bertz CT molecular complexity index is 1130. The Morgan fingerprint density at radius 3 is 2.65 bits per heavy atom. The number of hydrogen-bond donors (Lipinski definition) is 2. The Hall–Kier alpha value is -3.27. The number of pyridine rings is 1. The summed E-state index contributed by atoms with van der Waals surface area (Å²) < 4.78 is 33.8. The number of amides is 2. The van der Waals surface area contributed by atoms with Gasteiger partial charge in [0, 0.05) is 30.4 Å². The number of aromatic nitrogens is 1. The average molecular weight is 433 g/mol. The number of halogens is 2. The predicted octanol–water partition coefficient (Wildman–Crippen LogP) is 1.57. The van der Waals surface area contributed by atoms with E-state index in [1.165, 1.54) is 16.8 Å². The molecule has 1 fully saturated rings. The molecule has 0 bridgehead atoms. The van der Waals surface area contributed by atoms with Gasteiger partial charge in [0.2, 0.25) is 5.43 Å². The molecule has 3 heterocycles. The van der Waals surface area contributed by atoms with Gasteiger partial charge in [-0.2, -0.15) is 0 Å². The maximum atomic E-state index is 13.8. The van der Waals surface area contributed by atoms with E-state index in [2.05, 4.69) is 5.32 Å². The Morgan fingerprint density at radius 2 is 1.97 bits per heavy atom. The summed E-state index contributed by atoms with van der Waals surface area (Å²) in [6, 6.07) is 2.07. The van der Waals surface area contributed by atoms with Crippen LogP contribution < -0.4 is 10.7 Å². The molecule has 2 aliphatic heterocycles. The third-order valence-electron chi connectivity index (χ3n) is 5.64. The number of rotatable bonds is 4. The second-order valence-corrected chi connectivity index (χ2v) is 7.87. The largest absolute Gasteiger partial charge is 0.503 e. The van der Waals surface area contributed by atoms with Gasteiger partial charge in [0.1, 0.15) is 17.2 Å². The fourth-order valence-corrected chi connectivity index (χ4v) is 4.14. The van der Waals surface area contributed by atoms with E-state index in [0.29, 0.717) is 12.7 Å². The molecule has 1 saturated heterocycles. The van der Waals surface area contributed by atoms with Gasteiger partial charge in [-0.3, -0.25) is 14.4 Å². The van der Waals surface area contributed by atoms with E-state index in [-0.39, 0.29) is 48.1 Å². The summed E-state index contributed by atoms with van der Waals surface area (Å²) in [5.41, 5.74) is -1.55. The Balaban J connectivity index is 1.69. The van der Waals surface area contributed by atoms with Crippen LogP contribution >= 0.6 is 0 Å². The summed E-state index contributed by atoms with van der Waals surface area (Å²) in [5, 5.41) is 12.9. The van der Waals surface area contributed by atoms with Crippen molar-refractivity contribution in [3.63, 3.8) is 0 Å². The van der Waals surface area contributed by atoms with Crippen LogP contribution in [0.1, 0.15) is 46.3 Å². The molecular weight excluding hydrogens is 412 g/mol. The molecular formula is C21H21F2N3O5. The van der Waals surface area contributed by atoms with Crippen LogP contribution in [0.2, 0.25) is 0 Å².